The van der Waals surface area contributed by atoms with Crippen molar-refractivity contribution in [1.29, 1.82) is 0 Å². The van der Waals surface area contributed by atoms with Crippen LogP contribution in [0.1, 0.15) is 30.7 Å². The van der Waals surface area contributed by atoms with E-state index in [1.54, 1.807) is 0 Å². The van der Waals surface area contributed by atoms with Crippen molar-refractivity contribution in [2.75, 3.05) is 0 Å². The number of carbonyl (C=O) groups excluding carboxylic acids is 1. The van der Waals surface area contributed by atoms with Gasteiger partial charge in [-0.1, -0.05) is 42.5 Å². The van der Waals surface area contributed by atoms with Gasteiger partial charge in [-0.25, -0.2) is 0 Å². The maximum absolute atomic E-state index is 12.1. The van der Waals surface area contributed by atoms with Crippen LogP contribution >= 0.6 is 0 Å². The quantitative estimate of drug-likeness (QED) is 0.823. The van der Waals surface area contributed by atoms with Gasteiger partial charge in [-0.15, -0.1) is 10.2 Å². The van der Waals surface area contributed by atoms with E-state index in [4.69, 9.17) is 0 Å². The molecule has 1 aromatic heterocycles. The molecule has 2 rings (SSSR count). The molecule has 1 atom stereocenters. The van der Waals surface area contributed by atoms with Gasteiger partial charge in [0.05, 0.1) is 12.5 Å². The van der Waals surface area contributed by atoms with Crippen molar-refractivity contribution in [3.63, 3.8) is 0 Å². The number of nitrogens with zero attached hydrogens (tertiary/aromatic N) is 3. The summed E-state index contributed by atoms with van der Waals surface area (Å²) >= 11 is 0. The van der Waals surface area contributed by atoms with Gasteiger partial charge in [0, 0.05) is 0 Å². The first kappa shape index (κ1) is 12.2. The number of aromatic nitrogens is 4. The fraction of sp³-hybridized carbons (Fsp3) is 0.333. The normalized spacial score (nSPS) is 12.1. The standard InChI is InChI=1S/C12H15N5O/c1-2-10(9-6-4-3-5-7-9)12(18)13-8-11-14-16-17-15-11/h3-7,10H,2,8H2,1H3,(H,13,18)(H,14,15,16,17). The summed E-state index contributed by atoms with van der Waals surface area (Å²) in [5, 5.41) is 16.2. The zero-order valence-corrected chi connectivity index (χ0v) is 10.1. The molecule has 0 saturated carbocycles. The van der Waals surface area contributed by atoms with Gasteiger partial charge in [0.15, 0.2) is 5.82 Å². The molecule has 0 saturated heterocycles. The van der Waals surface area contributed by atoms with Gasteiger partial charge in [0.2, 0.25) is 5.91 Å². The monoisotopic (exact) mass is 245 g/mol. The molecule has 1 unspecified atom stereocenters. The third-order valence-electron chi connectivity index (χ3n) is 2.74. The van der Waals surface area contributed by atoms with Gasteiger partial charge in [0.1, 0.15) is 0 Å². The van der Waals surface area contributed by atoms with Crippen molar-refractivity contribution in [2.24, 2.45) is 0 Å². The van der Waals surface area contributed by atoms with Crippen LogP contribution in [0.15, 0.2) is 30.3 Å². The number of aromatic amines is 1. The zero-order valence-electron chi connectivity index (χ0n) is 10.1. The Hall–Kier alpha value is -2.24. The van der Waals surface area contributed by atoms with Crippen molar-refractivity contribution in [3.05, 3.63) is 41.7 Å². The lowest BCUT2D eigenvalue weighted by Crippen LogP contribution is -2.29. The second-order valence-electron chi connectivity index (χ2n) is 3.92. The molecule has 0 fully saturated rings. The van der Waals surface area contributed by atoms with Gasteiger partial charge in [0.25, 0.3) is 0 Å². The van der Waals surface area contributed by atoms with Crippen molar-refractivity contribution in [1.82, 2.24) is 25.9 Å². The highest BCUT2D eigenvalue weighted by molar-refractivity contribution is 5.83. The van der Waals surface area contributed by atoms with Crippen LogP contribution in [0, 0.1) is 0 Å². The van der Waals surface area contributed by atoms with Crippen LogP contribution in [0.5, 0.6) is 0 Å². The summed E-state index contributed by atoms with van der Waals surface area (Å²) in [5.41, 5.74) is 1.02. The van der Waals surface area contributed by atoms with E-state index in [-0.39, 0.29) is 11.8 Å². The second-order valence-corrected chi connectivity index (χ2v) is 3.92. The van der Waals surface area contributed by atoms with E-state index in [1.807, 2.05) is 37.3 Å². The van der Waals surface area contributed by atoms with Gasteiger partial charge in [-0.3, -0.25) is 4.79 Å². The van der Waals surface area contributed by atoms with Crippen LogP contribution in [0.3, 0.4) is 0 Å². The van der Waals surface area contributed by atoms with Crippen molar-refractivity contribution < 1.29 is 4.79 Å². The maximum atomic E-state index is 12.1. The van der Waals surface area contributed by atoms with Crippen molar-refractivity contribution in [2.45, 2.75) is 25.8 Å². The fourth-order valence-electron chi connectivity index (χ4n) is 1.80. The number of rotatable bonds is 5. The highest BCUT2D eigenvalue weighted by atomic mass is 16.1. The number of hydrogen-bond donors (Lipinski definition) is 2. The molecule has 0 aliphatic carbocycles. The Bertz CT molecular complexity index is 482. The summed E-state index contributed by atoms with van der Waals surface area (Å²) in [4.78, 5) is 12.1. The van der Waals surface area contributed by atoms with Crippen LogP contribution in [-0.2, 0) is 11.3 Å². The summed E-state index contributed by atoms with van der Waals surface area (Å²) in [6.45, 7) is 2.28. The Morgan fingerprint density at radius 1 is 1.39 bits per heavy atom. The largest absolute Gasteiger partial charge is 0.348 e. The number of tetrazole rings is 1. The van der Waals surface area contributed by atoms with E-state index in [1.165, 1.54) is 0 Å². The van der Waals surface area contributed by atoms with Gasteiger partial charge in [-0.2, -0.15) is 5.21 Å². The summed E-state index contributed by atoms with van der Waals surface area (Å²) < 4.78 is 0. The molecule has 0 aliphatic rings. The van der Waals surface area contributed by atoms with Crippen LogP contribution in [0.4, 0.5) is 0 Å². The highest BCUT2D eigenvalue weighted by Gasteiger charge is 2.18. The lowest BCUT2D eigenvalue weighted by Gasteiger charge is -2.14. The predicted molar refractivity (Wildman–Crippen MR) is 65.5 cm³/mol. The lowest BCUT2D eigenvalue weighted by atomic mass is 9.96. The molecule has 2 aromatic rings. The molecular formula is C12H15N5O. The van der Waals surface area contributed by atoms with Gasteiger partial charge < -0.3 is 5.32 Å². The number of carbonyl (C=O) groups is 1. The molecule has 94 valence electrons. The Morgan fingerprint density at radius 2 is 2.17 bits per heavy atom. The lowest BCUT2D eigenvalue weighted by molar-refractivity contribution is -0.122. The Balaban J connectivity index is 1.98. The molecule has 1 amide bonds. The summed E-state index contributed by atoms with van der Waals surface area (Å²) in [7, 11) is 0. The zero-order chi connectivity index (χ0) is 12.8. The molecule has 0 bridgehead atoms. The molecule has 0 spiro atoms. The summed E-state index contributed by atoms with van der Waals surface area (Å²) in [6.07, 6.45) is 0.752. The first-order valence-corrected chi connectivity index (χ1v) is 5.86. The van der Waals surface area contributed by atoms with Crippen LogP contribution in [-0.4, -0.2) is 26.5 Å². The predicted octanol–water partition coefficient (Wildman–Crippen LogP) is 1.01. The summed E-state index contributed by atoms with van der Waals surface area (Å²) in [6, 6.07) is 9.73. The Morgan fingerprint density at radius 3 is 2.78 bits per heavy atom. The van der Waals surface area contributed by atoms with E-state index in [0.29, 0.717) is 12.4 Å². The molecule has 0 radical (unpaired) electrons. The minimum atomic E-state index is -0.141. The van der Waals surface area contributed by atoms with Crippen molar-refractivity contribution in [3.8, 4) is 0 Å². The van der Waals surface area contributed by atoms with E-state index in [9.17, 15) is 4.79 Å². The van der Waals surface area contributed by atoms with Crippen LogP contribution in [0.2, 0.25) is 0 Å². The fourth-order valence-corrected chi connectivity index (χ4v) is 1.80. The van der Waals surface area contributed by atoms with E-state index in [0.717, 1.165) is 12.0 Å². The van der Waals surface area contributed by atoms with Crippen LogP contribution < -0.4 is 5.32 Å². The molecule has 6 nitrogen and oxygen atoms in total. The van der Waals surface area contributed by atoms with Gasteiger partial charge >= 0.3 is 0 Å². The van der Waals surface area contributed by atoms with Crippen LogP contribution in [0.25, 0.3) is 0 Å². The third kappa shape index (κ3) is 2.91. The second kappa shape index (κ2) is 5.90. The number of benzene rings is 1. The molecule has 1 aromatic carbocycles. The SMILES string of the molecule is CCC(C(=O)NCc1nn[nH]n1)c1ccccc1. The maximum Gasteiger partial charge on any atom is 0.227 e. The number of H-pyrrole nitrogens is 1. The van der Waals surface area contributed by atoms with E-state index in [2.05, 4.69) is 25.9 Å². The number of amides is 1. The molecular weight excluding hydrogens is 230 g/mol. The molecule has 2 N–H and O–H groups in total. The average Bonchev–Trinajstić information content (AvgIpc) is 2.92. The Labute approximate surface area is 105 Å². The minimum absolute atomic E-state index is 0.0199. The van der Waals surface area contributed by atoms with Gasteiger partial charge in [-0.05, 0) is 12.0 Å². The molecule has 6 heteroatoms. The number of hydrogen-bond acceptors (Lipinski definition) is 4. The minimum Gasteiger partial charge on any atom is -0.348 e. The first-order valence-electron chi connectivity index (χ1n) is 5.86. The molecule has 0 aliphatic heterocycles. The average molecular weight is 245 g/mol. The Kier molecular flexibility index (Phi) is 4.01. The summed E-state index contributed by atoms with van der Waals surface area (Å²) in [5.74, 6) is 0.317. The molecule has 1 heterocycles. The van der Waals surface area contributed by atoms with Crippen molar-refractivity contribution >= 4 is 5.91 Å². The number of nitrogens with one attached hydrogen (secondary N) is 2. The third-order valence-corrected chi connectivity index (χ3v) is 2.74. The van der Waals surface area contributed by atoms with E-state index < -0.39 is 0 Å². The highest BCUT2D eigenvalue weighted by Crippen LogP contribution is 2.19. The molecule has 18 heavy (non-hydrogen) atoms. The first-order chi connectivity index (χ1) is 8.81. The van der Waals surface area contributed by atoms with E-state index >= 15 is 0 Å². The topological polar surface area (TPSA) is 83.6 Å². The smallest absolute Gasteiger partial charge is 0.227 e.